The van der Waals surface area contributed by atoms with E-state index < -0.39 is 0 Å². The normalized spacial score (nSPS) is 26.4. The molecule has 10 heavy (non-hydrogen) atoms. The summed E-state index contributed by atoms with van der Waals surface area (Å²) in [6.07, 6.45) is 4.53. The Hall–Kier alpha value is -0.0800. The Labute approximate surface area is 61.9 Å². The lowest BCUT2D eigenvalue weighted by molar-refractivity contribution is 0.0984. The van der Waals surface area contributed by atoms with E-state index in [2.05, 4.69) is 5.32 Å². The predicted molar refractivity (Wildman–Crippen MR) is 40.0 cm³/mol. The minimum atomic E-state index is 0.646. The van der Waals surface area contributed by atoms with E-state index >= 15 is 0 Å². The van der Waals surface area contributed by atoms with E-state index in [4.69, 9.17) is 4.74 Å². The molecular weight excluding hydrogens is 126 g/mol. The fraction of sp³-hybridized carbons (Fsp3) is 1.00. The molecule has 2 nitrogen and oxygen atoms in total. The fourth-order valence-electron chi connectivity index (χ4n) is 1.19. The van der Waals surface area contributed by atoms with Crippen LogP contribution in [0.25, 0.3) is 0 Å². The molecule has 0 unspecified atom stereocenters. The van der Waals surface area contributed by atoms with Gasteiger partial charge >= 0.3 is 0 Å². The lowest BCUT2D eigenvalue weighted by Gasteiger charge is -2.26. The van der Waals surface area contributed by atoms with Gasteiger partial charge < -0.3 is 10.1 Å². The van der Waals surface area contributed by atoms with Gasteiger partial charge in [0.05, 0.1) is 6.10 Å². The third-order valence-corrected chi connectivity index (χ3v) is 2.27. The van der Waals surface area contributed by atoms with Gasteiger partial charge in [0.15, 0.2) is 0 Å². The van der Waals surface area contributed by atoms with E-state index in [1.807, 2.05) is 0 Å². The van der Waals surface area contributed by atoms with E-state index in [1.54, 1.807) is 0 Å². The van der Waals surface area contributed by atoms with E-state index in [0.717, 1.165) is 12.5 Å². The summed E-state index contributed by atoms with van der Waals surface area (Å²) in [7, 11) is 0. The molecule has 1 aliphatic heterocycles. The predicted octanol–water partition coefficient (Wildman–Crippen LogP) is 0.775. The van der Waals surface area contributed by atoms with Gasteiger partial charge in [-0.1, -0.05) is 0 Å². The second-order valence-corrected chi connectivity index (χ2v) is 3.38. The van der Waals surface area contributed by atoms with Crippen molar-refractivity contribution in [3.05, 3.63) is 0 Å². The van der Waals surface area contributed by atoms with E-state index in [-0.39, 0.29) is 0 Å². The molecule has 1 N–H and O–H groups in total. The lowest BCUT2D eigenvalue weighted by atomic mass is 10.0. The Morgan fingerprint density at radius 2 is 2.10 bits per heavy atom. The van der Waals surface area contributed by atoms with Crippen LogP contribution in [0.3, 0.4) is 0 Å². The van der Waals surface area contributed by atoms with Crippen LogP contribution in [0.15, 0.2) is 0 Å². The van der Waals surface area contributed by atoms with Crippen molar-refractivity contribution in [1.82, 2.24) is 5.32 Å². The van der Waals surface area contributed by atoms with Crippen molar-refractivity contribution in [3.63, 3.8) is 0 Å². The molecule has 2 fully saturated rings. The number of hydrogen-bond donors (Lipinski definition) is 1. The van der Waals surface area contributed by atoms with Crippen molar-refractivity contribution in [2.75, 3.05) is 19.7 Å². The molecule has 1 saturated carbocycles. The van der Waals surface area contributed by atoms with Crippen LogP contribution in [-0.4, -0.2) is 25.8 Å². The highest BCUT2D eigenvalue weighted by atomic mass is 16.5. The largest absolute Gasteiger partial charge is 0.378 e. The molecule has 2 aliphatic rings. The van der Waals surface area contributed by atoms with Crippen LogP contribution in [0.1, 0.15) is 19.3 Å². The molecule has 1 aliphatic carbocycles. The summed E-state index contributed by atoms with van der Waals surface area (Å²) in [4.78, 5) is 0. The zero-order valence-corrected chi connectivity index (χ0v) is 6.31. The first kappa shape index (κ1) is 6.62. The van der Waals surface area contributed by atoms with Crippen molar-refractivity contribution in [2.45, 2.75) is 25.4 Å². The van der Waals surface area contributed by atoms with Gasteiger partial charge in [-0.05, 0) is 38.3 Å². The molecule has 0 atom stereocenters. The molecule has 0 spiro atoms. The zero-order chi connectivity index (χ0) is 6.81. The Balaban J connectivity index is 1.46. The molecule has 0 aromatic carbocycles. The van der Waals surface area contributed by atoms with Crippen molar-refractivity contribution < 1.29 is 4.74 Å². The second kappa shape index (κ2) is 2.89. The van der Waals surface area contributed by atoms with Crippen molar-refractivity contribution in [3.8, 4) is 0 Å². The maximum absolute atomic E-state index is 5.53. The quantitative estimate of drug-likeness (QED) is 0.624. The highest BCUT2D eigenvalue weighted by Crippen LogP contribution is 2.24. The summed E-state index contributed by atoms with van der Waals surface area (Å²) in [6, 6.07) is 0. The first-order chi connectivity index (χ1) is 4.95. The minimum Gasteiger partial charge on any atom is -0.378 e. The van der Waals surface area contributed by atoms with Crippen LogP contribution >= 0.6 is 0 Å². The van der Waals surface area contributed by atoms with Crippen molar-refractivity contribution in [1.29, 1.82) is 0 Å². The maximum Gasteiger partial charge on any atom is 0.0577 e. The van der Waals surface area contributed by atoms with Crippen LogP contribution in [0.5, 0.6) is 0 Å². The van der Waals surface area contributed by atoms with Gasteiger partial charge in [-0.3, -0.25) is 0 Å². The number of nitrogens with one attached hydrogen (secondary N) is 1. The minimum absolute atomic E-state index is 0.646. The molecule has 0 aromatic rings. The standard InChI is InChI=1S/C8H15NO/c1-2-8(1)10-4-3-7-5-9-6-7/h7-9H,1-6H2. The average Bonchev–Trinajstić information content (AvgIpc) is 2.58. The summed E-state index contributed by atoms with van der Waals surface area (Å²) in [6.45, 7) is 3.43. The molecule has 1 heterocycles. The molecule has 0 bridgehead atoms. The third-order valence-electron chi connectivity index (χ3n) is 2.27. The van der Waals surface area contributed by atoms with Gasteiger partial charge in [-0.2, -0.15) is 0 Å². The van der Waals surface area contributed by atoms with Crippen LogP contribution in [0.4, 0.5) is 0 Å². The third kappa shape index (κ3) is 1.70. The van der Waals surface area contributed by atoms with Crippen molar-refractivity contribution in [2.24, 2.45) is 5.92 Å². The Kier molecular flexibility index (Phi) is 1.91. The van der Waals surface area contributed by atoms with Gasteiger partial charge in [-0.25, -0.2) is 0 Å². The zero-order valence-electron chi connectivity index (χ0n) is 6.31. The van der Waals surface area contributed by atoms with E-state index in [0.29, 0.717) is 6.10 Å². The molecule has 0 aromatic heterocycles. The lowest BCUT2D eigenvalue weighted by Crippen LogP contribution is -2.42. The van der Waals surface area contributed by atoms with Crippen molar-refractivity contribution >= 4 is 0 Å². The highest BCUT2D eigenvalue weighted by Gasteiger charge is 2.23. The number of rotatable bonds is 4. The maximum atomic E-state index is 5.53. The van der Waals surface area contributed by atoms with E-state index in [1.165, 1.54) is 32.4 Å². The monoisotopic (exact) mass is 141 g/mol. The first-order valence-corrected chi connectivity index (χ1v) is 4.27. The van der Waals surface area contributed by atoms with Gasteiger partial charge in [-0.15, -0.1) is 0 Å². The number of ether oxygens (including phenoxy) is 1. The summed E-state index contributed by atoms with van der Waals surface area (Å²) >= 11 is 0. The molecular formula is C8H15NO. The van der Waals surface area contributed by atoms with Crippen LogP contribution in [-0.2, 0) is 4.74 Å². The molecule has 2 heteroatoms. The van der Waals surface area contributed by atoms with Gasteiger partial charge in [0.1, 0.15) is 0 Å². The Morgan fingerprint density at radius 1 is 1.30 bits per heavy atom. The molecule has 0 amide bonds. The molecule has 58 valence electrons. The average molecular weight is 141 g/mol. The van der Waals surface area contributed by atoms with Gasteiger partial charge in [0, 0.05) is 6.61 Å². The summed E-state index contributed by atoms with van der Waals surface area (Å²) in [5, 5.41) is 3.26. The summed E-state index contributed by atoms with van der Waals surface area (Å²) in [5.74, 6) is 0.916. The molecule has 0 radical (unpaired) electrons. The molecule has 1 saturated heterocycles. The SMILES string of the molecule is C(CC1CNC1)OC1CC1. The van der Waals surface area contributed by atoms with Crippen LogP contribution < -0.4 is 5.32 Å². The highest BCUT2D eigenvalue weighted by molar-refractivity contribution is 4.76. The second-order valence-electron chi connectivity index (χ2n) is 3.38. The Morgan fingerprint density at radius 3 is 2.60 bits per heavy atom. The van der Waals surface area contributed by atoms with E-state index in [9.17, 15) is 0 Å². The van der Waals surface area contributed by atoms with Gasteiger partial charge in [0.2, 0.25) is 0 Å². The first-order valence-electron chi connectivity index (χ1n) is 4.27. The van der Waals surface area contributed by atoms with Crippen LogP contribution in [0, 0.1) is 5.92 Å². The summed E-state index contributed by atoms with van der Waals surface area (Å²) < 4.78 is 5.53. The smallest absolute Gasteiger partial charge is 0.0577 e. The fourth-order valence-corrected chi connectivity index (χ4v) is 1.19. The molecule has 2 rings (SSSR count). The van der Waals surface area contributed by atoms with Gasteiger partial charge in [0.25, 0.3) is 0 Å². The topological polar surface area (TPSA) is 21.3 Å². The Bertz CT molecular complexity index is 108. The van der Waals surface area contributed by atoms with Crippen LogP contribution in [0.2, 0.25) is 0 Å². The number of hydrogen-bond acceptors (Lipinski definition) is 2. The summed E-state index contributed by atoms with van der Waals surface area (Å²) in [5.41, 5.74) is 0.